The third-order valence-electron chi connectivity index (χ3n) is 13.9. The Balaban J connectivity index is 0.963. The number of benzene rings is 8. The molecule has 0 N–H and O–H groups in total. The van der Waals surface area contributed by atoms with Gasteiger partial charge in [0.1, 0.15) is 0 Å². The molecule has 6 heteroatoms. The Morgan fingerprint density at radius 3 is 1.41 bits per heavy atom. The van der Waals surface area contributed by atoms with Crippen molar-refractivity contribution in [3.05, 3.63) is 240 Å². The topological polar surface area (TPSA) is 59.4 Å². The van der Waals surface area contributed by atoms with Crippen LogP contribution in [0, 0.1) is 11.3 Å². The zero-order valence-electron chi connectivity index (χ0n) is 35.4. The third-order valence-corrected chi connectivity index (χ3v) is 15.0. The predicted octanol–water partition coefficient (Wildman–Crippen LogP) is 14.7. The van der Waals surface area contributed by atoms with Gasteiger partial charge in [-0.05, 0) is 142 Å². The van der Waals surface area contributed by atoms with Gasteiger partial charge in [-0.2, -0.15) is 5.26 Å². The molecule has 4 aromatic heterocycles. The highest BCUT2D eigenvalue weighted by Gasteiger charge is 2.51. The molecule has 0 fully saturated rings. The molecule has 1 aliphatic carbocycles. The lowest BCUT2D eigenvalue weighted by molar-refractivity contribution is 0.720. The molecule has 0 amide bonds. The largest absolute Gasteiger partial charge is 0.309 e. The number of hydrogen-bond donors (Lipinski definition) is 0. The summed E-state index contributed by atoms with van der Waals surface area (Å²) in [6.45, 7) is 0. The number of para-hydroxylation sites is 3. The quantitative estimate of drug-likeness (QED) is 0.177. The van der Waals surface area contributed by atoms with Crippen LogP contribution in [-0.4, -0.2) is 19.1 Å². The van der Waals surface area contributed by atoms with Crippen LogP contribution in [0.4, 0.5) is 0 Å². The number of aromatic nitrogens is 4. The lowest BCUT2D eigenvalue weighted by Crippen LogP contribution is -2.32. The molecule has 1 aliphatic heterocycles. The maximum atomic E-state index is 9.95. The number of pyridine rings is 2. The summed E-state index contributed by atoms with van der Waals surface area (Å²) < 4.78 is 4.67. The normalized spacial score (nSPS) is 13.2. The first-order valence-corrected chi connectivity index (χ1v) is 23.0. The average molecular weight is 858 g/mol. The van der Waals surface area contributed by atoms with E-state index < -0.39 is 5.41 Å². The van der Waals surface area contributed by atoms with E-state index >= 15 is 0 Å². The van der Waals surface area contributed by atoms with Crippen LogP contribution >= 0.6 is 11.8 Å². The molecular formula is C60H35N5S. The van der Waals surface area contributed by atoms with E-state index in [0.717, 1.165) is 66.8 Å². The summed E-state index contributed by atoms with van der Waals surface area (Å²) >= 11 is 1.85. The van der Waals surface area contributed by atoms with Gasteiger partial charge in [0.25, 0.3) is 0 Å². The Hall–Kier alpha value is -8.50. The van der Waals surface area contributed by atoms with Crippen LogP contribution in [-0.2, 0) is 5.41 Å². The second-order valence-electron chi connectivity index (χ2n) is 17.2. The van der Waals surface area contributed by atoms with Crippen molar-refractivity contribution in [2.45, 2.75) is 15.2 Å². The van der Waals surface area contributed by atoms with Crippen molar-refractivity contribution in [3.63, 3.8) is 0 Å². The summed E-state index contributed by atoms with van der Waals surface area (Å²) in [6.07, 6.45) is 3.77. The van der Waals surface area contributed by atoms with E-state index in [2.05, 4.69) is 197 Å². The average Bonchev–Trinajstić information content (AvgIpc) is 4.00. The summed E-state index contributed by atoms with van der Waals surface area (Å²) in [7, 11) is 0. The molecule has 0 saturated heterocycles. The predicted molar refractivity (Wildman–Crippen MR) is 268 cm³/mol. The van der Waals surface area contributed by atoms with Crippen molar-refractivity contribution >= 4 is 55.4 Å². The molecule has 14 rings (SSSR count). The number of nitrogens with zero attached hydrogens (tertiary/aromatic N) is 5. The molecule has 0 unspecified atom stereocenters. The highest BCUT2D eigenvalue weighted by molar-refractivity contribution is 7.99. The van der Waals surface area contributed by atoms with Gasteiger partial charge in [0.05, 0.1) is 50.5 Å². The van der Waals surface area contributed by atoms with Crippen LogP contribution in [0.1, 0.15) is 27.8 Å². The zero-order chi connectivity index (χ0) is 43.5. The molecule has 5 heterocycles. The Morgan fingerprint density at radius 1 is 0.394 bits per heavy atom. The fourth-order valence-corrected chi connectivity index (χ4v) is 12.4. The van der Waals surface area contributed by atoms with Gasteiger partial charge in [0, 0.05) is 55.1 Å². The maximum Gasteiger partial charge on any atom is 0.0991 e. The summed E-state index contributed by atoms with van der Waals surface area (Å²) in [5.74, 6) is 0. The van der Waals surface area contributed by atoms with E-state index in [1.165, 1.54) is 53.9 Å². The number of nitriles is 1. The van der Waals surface area contributed by atoms with Crippen LogP contribution in [0.2, 0.25) is 0 Å². The number of hydrogen-bond acceptors (Lipinski definition) is 4. The number of rotatable bonds is 4. The molecule has 8 aromatic carbocycles. The van der Waals surface area contributed by atoms with Gasteiger partial charge in [0.15, 0.2) is 0 Å². The molecule has 2 aliphatic rings. The third kappa shape index (κ3) is 5.12. The van der Waals surface area contributed by atoms with Gasteiger partial charge >= 0.3 is 0 Å². The second-order valence-corrected chi connectivity index (χ2v) is 18.3. The van der Waals surface area contributed by atoms with E-state index in [0.29, 0.717) is 5.56 Å². The summed E-state index contributed by atoms with van der Waals surface area (Å²) in [4.78, 5) is 12.4. The molecule has 0 saturated carbocycles. The van der Waals surface area contributed by atoms with E-state index in [4.69, 9.17) is 9.97 Å². The minimum Gasteiger partial charge on any atom is -0.309 e. The first-order valence-electron chi connectivity index (χ1n) is 22.2. The number of fused-ring (bicyclic) bond motifs is 15. The van der Waals surface area contributed by atoms with Crippen LogP contribution in [0.5, 0.6) is 0 Å². The van der Waals surface area contributed by atoms with Crippen LogP contribution in [0.15, 0.2) is 222 Å². The molecule has 306 valence electrons. The van der Waals surface area contributed by atoms with Gasteiger partial charge in [-0.15, -0.1) is 0 Å². The summed E-state index contributed by atoms with van der Waals surface area (Å²) in [5.41, 5.74) is 18.1. The monoisotopic (exact) mass is 857 g/mol. The molecular weight excluding hydrogens is 823 g/mol. The van der Waals surface area contributed by atoms with Gasteiger partial charge < -0.3 is 9.13 Å². The molecule has 0 bridgehead atoms. The first-order chi connectivity index (χ1) is 32.7. The van der Waals surface area contributed by atoms with Crippen LogP contribution in [0.3, 0.4) is 0 Å². The van der Waals surface area contributed by atoms with Crippen molar-refractivity contribution in [3.8, 4) is 51.1 Å². The van der Waals surface area contributed by atoms with Crippen LogP contribution in [0.25, 0.3) is 88.6 Å². The molecule has 5 nitrogen and oxygen atoms in total. The minimum atomic E-state index is -0.617. The first kappa shape index (κ1) is 36.9. The second kappa shape index (κ2) is 14.0. The van der Waals surface area contributed by atoms with E-state index in [9.17, 15) is 5.26 Å². The Morgan fingerprint density at radius 2 is 0.848 bits per heavy atom. The standard InChI is InChI=1S/C60H35N5S/c61-36-37-19-26-53-45(31-37)47-33-39(23-28-55(47)65(53)43-13-5-2-6-14-43)41-21-25-49-57(35-41)66-56-34-40(20-24-48(56)60(49)50-16-9-29-62-58(50)59-51(60)17-10-30-63-59)38-22-27-54-46(32-38)44-15-7-8-18-52(44)64(54)42-11-3-1-4-12-42/h1-35H. The fraction of sp³-hybridized carbons (Fsp3) is 0.0167. The molecule has 12 aromatic rings. The van der Waals surface area contributed by atoms with Crippen molar-refractivity contribution in [2.75, 3.05) is 0 Å². The maximum absolute atomic E-state index is 9.95. The Kier molecular flexibility index (Phi) is 7.83. The molecule has 66 heavy (non-hydrogen) atoms. The van der Waals surface area contributed by atoms with Gasteiger partial charge in [-0.1, -0.05) is 115 Å². The Bertz CT molecular complexity index is 4000. The van der Waals surface area contributed by atoms with Crippen molar-refractivity contribution < 1.29 is 0 Å². The highest BCUT2D eigenvalue weighted by Crippen LogP contribution is 2.62. The van der Waals surface area contributed by atoms with E-state index in [-0.39, 0.29) is 0 Å². The van der Waals surface area contributed by atoms with Gasteiger partial charge in [-0.3, -0.25) is 9.97 Å². The molecule has 0 atom stereocenters. The molecule has 1 spiro atoms. The van der Waals surface area contributed by atoms with E-state index in [1.807, 2.05) is 42.4 Å². The van der Waals surface area contributed by atoms with Gasteiger partial charge in [0.2, 0.25) is 0 Å². The highest BCUT2D eigenvalue weighted by atomic mass is 32.2. The fourth-order valence-electron chi connectivity index (χ4n) is 11.1. The Labute approximate surface area is 384 Å². The lowest BCUT2D eigenvalue weighted by Gasteiger charge is -2.39. The molecule has 0 radical (unpaired) electrons. The smallest absolute Gasteiger partial charge is 0.0991 e. The van der Waals surface area contributed by atoms with Gasteiger partial charge in [-0.25, -0.2) is 0 Å². The van der Waals surface area contributed by atoms with Crippen molar-refractivity contribution in [1.29, 1.82) is 5.26 Å². The summed E-state index contributed by atoms with van der Waals surface area (Å²) in [5, 5.41) is 14.6. The van der Waals surface area contributed by atoms with E-state index in [1.54, 1.807) is 0 Å². The van der Waals surface area contributed by atoms with Crippen molar-refractivity contribution in [1.82, 2.24) is 19.1 Å². The minimum absolute atomic E-state index is 0.617. The lowest BCUT2D eigenvalue weighted by atomic mass is 9.67. The summed E-state index contributed by atoms with van der Waals surface area (Å²) in [6, 6.07) is 74.6. The van der Waals surface area contributed by atoms with Crippen LogP contribution < -0.4 is 0 Å². The zero-order valence-corrected chi connectivity index (χ0v) is 36.2. The SMILES string of the molecule is N#Cc1ccc2c(c1)c1cc(-c3ccc4c(c3)Sc3cc(-c5ccc6c(c5)c5ccccc5n6-c5ccccc5)ccc3C43c4cccnc4-c4ncccc43)ccc1n2-c1ccccc1. The van der Waals surface area contributed by atoms with Crippen molar-refractivity contribution in [2.24, 2.45) is 0 Å².